The Balaban J connectivity index is 2.19. The highest BCUT2D eigenvalue weighted by atomic mass is 35.5. The Kier molecular flexibility index (Phi) is 5.49. The Morgan fingerprint density at radius 2 is 1.92 bits per heavy atom. The van der Waals surface area contributed by atoms with E-state index in [1.165, 1.54) is 0 Å². The Labute approximate surface area is 146 Å². The molecule has 24 heavy (non-hydrogen) atoms. The average Bonchev–Trinajstić information content (AvgIpc) is 2.78. The number of nitrogens with one attached hydrogen (secondary N) is 2. The quantitative estimate of drug-likeness (QED) is 0.772. The normalized spacial score (nSPS) is 20.5. The third-order valence-electron chi connectivity index (χ3n) is 4.05. The predicted molar refractivity (Wildman–Crippen MR) is 91.5 cm³/mol. The lowest BCUT2D eigenvalue weighted by atomic mass is 9.87. The highest BCUT2D eigenvalue weighted by molar-refractivity contribution is 6.30. The first-order chi connectivity index (χ1) is 11.3. The lowest BCUT2D eigenvalue weighted by Gasteiger charge is -2.25. The minimum atomic E-state index is -1.15. The van der Waals surface area contributed by atoms with E-state index in [0.717, 1.165) is 4.90 Å². The zero-order valence-electron chi connectivity index (χ0n) is 14.1. The molecule has 0 aliphatic carbocycles. The largest absolute Gasteiger partial charge is 0.354 e. The van der Waals surface area contributed by atoms with Gasteiger partial charge in [0.15, 0.2) is 0 Å². The van der Waals surface area contributed by atoms with Gasteiger partial charge in [0.25, 0.3) is 5.91 Å². The number of rotatable bonds is 6. The minimum absolute atomic E-state index is 0.285. The number of nitrogens with zero attached hydrogens (tertiary/aromatic N) is 1. The molecule has 0 aromatic heterocycles. The van der Waals surface area contributed by atoms with E-state index in [9.17, 15) is 14.4 Å². The molecule has 1 heterocycles. The van der Waals surface area contributed by atoms with Gasteiger partial charge in [0.05, 0.1) is 0 Å². The van der Waals surface area contributed by atoms with E-state index < -0.39 is 17.5 Å². The van der Waals surface area contributed by atoms with Crippen LogP contribution in [0.4, 0.5) is 4.79 Å². The van der Waals surface area contributed by atoms with Gasteiger partial charge in [0.1, 0.15) is 12.1 Å². The van der Waals surface area contributed by atoms with Crippen LogP contribution in [-0.4, -0.2) is 35.8 Å². The fourth-order valence-corrected chi connectivity index (χ4v) is 2.79. The minimum Gasteiger partial charge on any atom is -0.354 e. The van der Waals surface area contributed by atoms with Crippen LogP contribution in [0.2, 0.25) is 5.02 Å². The van der Waals surface area contributed by atoms with Gasteiger partial charge in [-0.3, -0.25) is 14.5 Å². The van der Waals surface area contributed by atoms with Gasteiger partial charge in [-0.15, -0.1) is 0 Å². The second-order valence-electron chi connectivity index (χ2n) is 6.29. The average molecular weight is 352 g/mol. The molecule has 2 rings (SSSR count). The van der Waals surface area contributed by atoms with Crippen LogP contribution in [0.25, 0.3) is 0 Å². The first-order valence-corrected chi connectivity index (χ1v) is 8.34. The van der Waals surface area contributed by atoms with Gasteiger partial charge in [-0.1, -0.05) is 44.5 Å². The molecule has 1 aromatic rings. The van der Waals surface area contributed by atoms with Crippen LogP contribution < -0.4 is 10.6 Å². The second kappa shape index (κ2) is 7.21. The molecule has 0 saturated carbocycles. The number of benzene rings is 1. The first-order valence-electron chi connectivity index (χ1n) is 7.97. The number of carbonyl (C=O) groups is 3. The maximum absolute atomic E-state index is 12.9. The molecular weight excluding hydrogens is 330 g/mol. The Morgan fingerprint density at radius 1 is 1.29 bits per heavy atom. The van der Waals surface area contributed by atoms with Gasteiger partial charge in [-0.2, -0.15) is 0 Å². The summed E-state index contributed by atoms with van der Waals surface area (Å²) in [7, 11) is 0. The number of halogens is 1. The number of hydrogen-bond acceptors (Lipinski definition) is 3. The molecule has 1 aliphatic rings. The van der Waals surface area contributed by atoms with Crippen molar-refractivity contribution in [3.05, 3.63) is 34.9 Å². The molecule has 0 spiro atoms. The van der Waals surface area contributed by atoms with Crippen molar-refractivity contribution in [3.8, 4) is 0 Å². The SMILES string of the molecule is CCC1(c2ccc(Cl)cc2)NC(=O)N(CC(=O)NCC(C)C)C1=O. The summed E-state index contributed by atoms with van der Waals surface area (Å²) in [4.78, 5) is 38.1. The summed E-state index contributed by atoms with van der Waals surface area (Å²) < 4.78 is 0. The molecule has 1 fully saturated rings. The molecule has 1 saturated heterocycles. The number of hydrogen-bond donors (Lipinski definition) is 2. The van der Waals surface area contributed by atoms with Crippen LogP contribution in [0, 0.1) is 5.92 Å². The second-order valence-corrected chi connectivity index (χ2v) is 6.72. The van der Waals surface area contributed by atoms with Crippen LogP contribution in [0.3, 0.4) is 0 Å². The van der Waals surface area contributed by atoms with Crippen LogP contribution >= 0.6 is 11.6 Å². The van der Waals surface area contributed by atoms with E-state index in [0.29, 0.717) is 29.5 Å². The molecule has 6 nitrogen and oxygen atoms in total. The lowest BCUT2D eigenvalue weighted by Crippen LogP contribution is -2.45. The van der Waals surface area contributed by atoms with Crippen molar-refractivity contribution < 1.29 is 14.4 Å². The highest BCUT2D eigenvalue weighted by Gasteiger charge is 2.51. The van der Waals surface area contributed by atoms with Gasteiger partial charge in [0.2, 0.25) is 5.91 Å². The maximum atomic E-state index is 12.9. The monoisotopic (exact) mass is 351 g/mol. The Bertz CT molecular complexity index is 645. The zero-order valence-corrected chi connectivity index (χ0v) is 14.8. The molecule has 2 N–H and O–H groups in total. The van der Waals surface area contributed by atoms with E-state index in [1.807, 2.05) is 20.8 Å². The number of imide groups is 1. The fraction of sp³-hybridized carbons (Fsp3) is 0.471. The van der Waals surface area contributed by atoms with Crippen molar-refractivity contribution in [2.45, 2.75) is 32.7 Å². The number of urea groups is 1. The van der Waals surface area contributed by atoms with Gasteiger partial charge < -0.3 is 10.6 Å². The van der Waals surface area contributed by atoms with Gasteiger partial charge in [-0.25, -0.2) is 4.79 Å². The Morgan fingerprint density at radius 3 is 2.46 bits per heavy atom. The molecule has 1 aromatic carbocycles. The van der Waals surface area contributed by atoms with Crippen LogP contribution in [0.15, 0.2) is 24.3 Å². The van der Waals surface area contributed by atoms with Crippen molar-refractivity contribution in [1.82, 2.24) is 15.5 Å². The smallest absolute Gasteiger partial charge is 0.325 e. The number of amides is 4. The van der Waals surface area contributed by atoms with Crippen molar-refractivity contribution >= 4 is 29.4 Å². The van der Waals surface area contributed by atoms with Crippen LogP contribution in [0.1, 0.15) is 32.8 Å². The van der Waals surface area contributed by atoms with Crippen molar-refractivity contribution in [3.63, 3.8) is 0 Å². The molecular formula is C17H22ClN3O3. The van der Waals surface area contributed by atoms with Gasteiger partial charge in [-0.05, 0) is 30.0 Å². The third kappa shape index (κ3) is 3.53. The molecule has 130 valence electrons. The zero-order chi connectivity index (χ0) is 17.9. The summed E-state index contributed by atoms with van der Waals surface area (Å²) in [6.45, 7) is 5.97. The van der Waals surface area contributed by atoms with Crippen LogP contribution in [-0.2, 0) is 15.1 Å². The van der Waals surface area contributed by atoms with E-state index in [2.05, 4.69) is 10.6 Å². The highest BCUT2D eigenvalue weighted by Crippen LogP contribution is 2.32. The van der Waals surface area contributed by atoms with Crippen molar-refractivity contribution in [1.29, 1.82) is 0 Å². The summed E-state index contributed by atoms with van der Waals surface area (Å²) in [5.74, 6) is -0.479. The summed E-state index contributed by atoms with van der Waals surface area (Å²) in [6.07, 6.45) is 0.378. The molecule has 1 unspecified atom stereocenters. The van der Waals surface area contributed by atoms with Gasteiger partial charge in [0, 0.05) is 11.6 Å². The molecule has 7 heteroatoms. The van der Waals surface area contributed by atoms with Crippen LogP contribution in [0.5, 0.6) is 0 Å². The summed E-state index contributed by atoms with van der Waals surface area (Å²) in [5.41, 5.74) is -0.502. The third-order valence-corrected chi connectivity index (χ3v) is 4.30. The predicted octanol–water partition coefficient (Wildman–Crippen LogP) is 2.27. The summed E-state index contributed by atoms with van der Waals surface area (Å²) in [6, 6.07) is 6.22. The molecule has 1 aliphatic heterocycles. The molecule has 0 bridgehead atoms. The standard InChI is InChI=1S/C17H22ClN3O3/c1-4-17(12-5-7-13(18)8-6-12)15(23)21(16(24)20-17)10-14(22)19-9-11(2)3/h5-8,11H,4,9-10H2,1-3H3,(H,19,22)(H,20,24). The van der Waals surface area contributed by atoms with E-state index >= 15 is 0 Å². The van der Waals surface area contributed by atoms with Crippen molar-refractivity contribution in [2.24, 2.45) is 5.92 Å². The lowest BCUT2D eigenvalue weighted by molar-refractivity contribution is -0.135. The Hall–Kier alpha value is -2.08. The fourth-order valence-electron chi connectivity index (χ4n) is 2.66. The van der Waals surface area contributed by atoms with Crippen molar-refractivity contribution in [2.75, 3.05) is 13.1 Å². The number of carbonyl (C=O) groups excluding carboxylic acids is 3. The first kappa shape index (κ1) is 18.3. The summed E-state index contributed by atoms with van der Waals surface area (Å²) >= 11 is 5.89. The van der Waals surface area contributed by atoms with E-state index in [-0.39, 0.29) is 12.5 Å². The molecule has 0 radical (unpaired) electrons. The topological polar surface area (TPSA) is 78.5 Å². The maximum Gasteiger partial charge on any atom is 0.325 e. The van der Waals surface area contributed by atoms with Gasteiger partial charge >= 0.3 is 6.03 Å². The van der Waals surface area contributed by atoms with E-state index in [4.69, 9.17) is 11.6 Å². The summed E-state index contributed by atoms with van der Waals surface area (Å²) in [5, 5.41) is 6.00. The molecule has 1 atom stereocenters. The van der Waals surface area contributed by atoms with E-state index in [1.54, 1.807) is 24.3 Å². The molecule has 4 amide bonds.